The van der Waals surface area contributed by atoms with Gasteiger partial charge >= 0.3 is 0 Å². The molecule has 0 bridgehead atoms. The second kappa shape index (κ2) is 5.67. The maximum atomic E-state index is 11.3. The molecule has 3 nitrogen and oxygen atoms in total. The Morgan fingerprint density at radius 1 is 1.25 bits per heavy atom. The molecule has 2 fully saturated rings. The van der Waals surface area contributed by atoms with Crippen LogP contribution in [0.5, 0.6) is 0 Å². The molecule has 0 radical (unpaired) electrons. The van der Waals surface area contributed by atoms with Gasteiger partial charge in [0.25, 0.3) is 0 Å². The van der Waals surface area contributed by atoms with E-state index in [1.54, 1.807) is 0 Å². The van der Waals surface area contributed by atoms with Crippen LogP contribution in [0, 0.1) is 5.92 Å². The van der Waals surface area contributed by atoms with Crippen LogP contribution in [0.3, 0.4) is 0 Å². The van der Waals surface area contributed by atoms with E-state index in [4.69, 9.17) is 0 Å². The molecule has 2 aliphatic heterocycles. The van der Waals surface area contributed by atoms with Crippen LogP contribution in [0.25, 0.3) is 0 Å². The molecular formula is C13H25N2O+. The first kappa shape index (κ1) is 11.9. The average molecular weight is 225 g/mol. The number of hydrogen-bond acceptors (Lipinski definition) is 1. The van der Waals surface area contributed by atoms with Gasteiger partial charge in [-0.25, -0.2) is 0 Å². The second-order valence-electron chi connectivity index (χ2n) is 5.32. The van der Waals surface area contributed by atoms with Crippen molar-refractivity contribution in [2.75, 3.05) is 19.6 Å². The van der Waals surface area contributed by atoms with Gasteiger partial charge in [-0.05, 0) is 32.1 Å². The lowest BCUT2D eigenvalue weighted by Gasteiger charge is -2.41. The summed E-state index contributed by atoms with van der Waals surface area (Å²) in [6, 6.07) is 0.833. The summed E-state index contributed by atoms with van der Waals surface area (Å²) in [6.07, 6.45) is 7.46. The third-order valence-corrected chi connectivity index (χ3v) is 4.31. The Morgan fingerprint density at radius 3 is 2.88 bits per heavy atom. The number of nitrogens with one attached hydrogen (secondary N) is 2. The normalized spacial score (nSPS) is 34.2. The minimum atomic E-state index is 0.211. The number of rotatable bonds is 3. The van der Waals surface area contributed by atoms with Crippen LogP contribution in [0.1, 0.15) is 45.4 Å². The monoisotopic (exact) mass is 225 g/mol. The minimum Gasteiger partial charge on any atom is -0.356 e. The standard InChI is InChI=1S/C13H24N2O/c1-2-13(16)14-10-11-6-5-9-15-8-4-3-7-12(11)15/h11-12H,2-10H2,1H3,(H,14,16)/p+1/t11-,12-/m1/s1. The molecule has 2 rings (SSSR count). The summed E-state index contributed by atoms with van der Waals surface area (Å²) in [5.41, 5.74) is 0. The maximum absolute atomic E-state index is 11.3. The van der Waals surface area contributed by atoms with Crippen LogP contribution in [0.15, 0.2) is 0 Å². The molecule has 0 aromatic rings. The highest BCUT2D eigenvalue weighted by Crippen LogP contribution is 2.19. The fraction of sp³-hybridized carbons (Fsp3) is 0.923. The first-order valence-electron chi connectivity index (χ1n) is 6.92. The number of hydrogen-bond donors (Lipinski definition) is 2. The van der Waals surface area contributed by atoms with E-state index in [1.807, 2.05) is 11.8 Å². The number of amides is 1. The Hall–Kier alpha value is -0.570. The quantitative estimate of drug-likeness (QED) is 0.714. The number of quaternary nitrogens is 1. The highest BCUT2D eigenvalue weighted by Gasteiger charge is 2.36. The van der Waals surface area contributed by atoms with E-state index in [9.17, 15) is 4.79 Å². The van der Waals surface area contributed by atoms with Crippen molar-refractivity contribution in [3.05, 3.63) is 0 Å². The Balaban J connectivity index is 1.85. The van der Waals surface area contributed by atoms with Gasteiger partial charge in [-0.3, -0.25) is 4.79 Å². The minimum absolute atomic E-state index is 0.211. The Morgan fingerprint density at radius 2 is 2.06 bits per heavy atom. The molecule has 1 unspecified atom stereocenters. The molecule has 0 aromatic heterocycles. The number of fused-ring (bicyclic) bond motifs is 1. The molecule has 2 heterocycles. The SMILES string of the molecule is CCC(=O)NC[C@H]1CCC[NH+]2CCCC[C@H]12. The lowest BCUT2D eigenvalue weighted by atomic mass is 9.83. The molecule has 1 amide bonds. The summed E-state index contributed by atoms with van der Waals surface area (Å²) in [5, 5.41) is 3.08. The molecule has 0 saturated carbocycles. The average Bonchev–Trinajstić information content (AvgIpc) is 2.35. The van der Waals surface area contributed by atoms with Crippen molar-refractivity contribution in [2.24, 2.45) is 5.92 Å². The topological polar surface area (TPSA) is 33.5 Å². The number of carbonyl (C=O) groups excluding carboxylic acids is 1. The van der Waals surface area contributed by atoms with Gasteiger partial charge in [-0.1, -0.05) is 6.92 Å². The molecule has 2 N–H and O–H groups in total. The third-order valence-electron chi connectivity index (χ3n) is 4.31. The van der Waals surface area contributed by atoms with Gasteiger partial charge in [-0.2, -0.15) is 0 Å². The molecule has 2 saturated heterocycles. The third kappa shape index (κ3) is 2.76. The maximum Gasteiger partial charge on any atom is 0.219 e. The molecule has 16 heavy (non-hydrogen) atoms. The van der Waals surface area contributed by atoms with E-state index >= 15 is 0 Å². The van der Waals surface area contributed by atoms with Gasteiger partial charge in [0.2, 0.25) is 5.91 Å². The molecular weight excluding hydrogens is 200 g/mol. The predicted molar refractivity (Wildman–Crippen MR) is 64.4 cm³/mol. The van der Waals surface area contributed by atoms with Crippen LogP contribution < -0.4 is 10.2 Å². The van der Waals surface area contributed by atoms with Crippen molar-refractivity contribution in [3.63, 3.8) is 0 Å². The largest absolute Gasteiger partial charge is 0.356 e. The van der Waals surface area contributed by atoms with Crippen LogP contribution >= 0.6 is 0 Å². The van der Waals surface area contributed by atoms with E-state index in [0.717, 1.165) is 18.5 Å². The Bertz CT molecular complexity index is 240. The van der Waals surface area contributed by atoms with E-state index in [2.05, 4.69) is 5.32 Å². The van der Waals surface area contributed by atoms with Crippen molar-refractivity contribution in [3.8, 4) is 0 Å². The highest BCUT2D eigenvalue weighted by molar-refractivity contribution is 5.75. The molecule has 3 atom stereocenters. The molecule has 0 aromatic carbocycles. The number of piperidine rings is 2. The summed E-state index contributed by atoms with van der Waals surface area (Å²) in [6.45, 7) is 5.57. The first-order valence-corrected chi connectivity index (χ1v) is 6.92. The van der Waals surface area contributed by atoms with E-state index in [0.29, 0.717) is 6.42 Å². The van der Waals surface area contributed by atoms with Crippen LogP contribution in [0.4, 0.5) is 0 Å². The van der Waals surface area contributed by atoms with E-state index < -0.39 is 0 Å². The summed E-state index contributed by atoms with van der Waals surface area (Å²) in [5.74, 6) is 0.947. The van der Waals surface area contributed by atoms with Gasteiger partial charge in [0, 0.05) is 18.9 Å². The zero-order chi connectivity index (χ0) is 11.4. The predicted octanol–water partition coefficient (Wildman–Crippen LogP) is 0.360. The molecule has 92 valence electrons. The van der Waals surface area contributed by atoms with Crippen LogP contribution in [-0.4, -0.2) is 31.6 Å². The van der Waals surface area contributed by atoms with Gasteiger partial charge in [0.1, 0.15) is 0 Å². The van der Waals surface area contributed by atoms with E-state index in [-0.39, 0.29) is 5.91 Å². The zero-order valence-electron chi connectivity index (χ0n) is 10.4. The van der Waals surface area contributed by atoms with Crippen molar-refractivity contribution in [2.45, 2.75) is 51.5 Å². The molecule has 2 aliphatic rings. The highest BCUT2D eigenvalue weighted by atomic mass is 16.1. The lowest BCUT2D eigenvalue weighted by molar-refractivity contribution is -0.939. The summed E-state index contributed by atoms with van der Waals surface area (Å²) in [4.78, 5) is 13.1. The Labute approximate surface area is 98.6 Å². The van der Waals surface area contributed by atoms with Crippen LogP contribution in [-0.2, 0) is 4.79 Å². The zero-order valence-corrected chi connectivity index (χ0v) is 10.4. The van der Waals surface area contributed by atoms with Crippen LogP contribution in [0.2, 0.25) is 0 Å². The molecule has 3 heteroatoms. The molecule has 0 aliphatic carbocycles. The van der Waals surface area contributed by atoms with Gasteiger partial charge < -0.3 is 10.2 Å². The van der Waals surface area contributed by atoms with Gasteiger partial charge in [-0.15, -0.1) is 0 Å². The fourth-order valence-corrected chi connectivity index (χ4v) is 3.39. The number of carbonyl (C=O) groups is 1. The Kier molecular flexibility index (Phi) is 4.22. The summed E-state index contributed by atoms with van der Waals surface area (Å²) >= 11 is 0. The summed E-state index contributed by atoms with van der Waals surface area (Å²) < 4.78 is 0. The first-order chi connectivity index (χ1) is 7.81. The van der Waals surface area contributed by atoms with Crippen molar-refractivity contribution >= 4 is 5.91 Å². The van der Waals surface area contributed by atoms with Gasteiger partial charge in [0.05, 0.1) is 19.1 Å². The van der Waals surface area contributed by atoms with Crippen molar-refractivity contribution in [1.82, 2.24) is 5.32 Å². The lowest BCUT2D eigenvalue weighted by Crippen LogP contribution is -3.18. The summed E-state index contributed by atoms with van der Waals surface area (Å²) in [7, 11) is 0. The second-order valence-corrected chi connectivity index (χ2v) is 5.32. The molecule has 0 spiro atoms. The fourth-order valence-electron chi connectivity index (χ4n) is 3.39. The smallest absolute Gasteiger partial charge is 0.219 e. The van der Waals surface area contributed by atoms with E-state index in [1.165, 1.54) is 45.2 Å². The van der Waals surface area contributed by atoms with Crippen molar-refractivity contribution < 1.29 is 9.69 Å². The van der Waals surface area contributed by atoms with Gasteiger partial charge in [0.15, 0.2) is 0 Å². The van der Waals surface area contributed by atoms with Crippen molar-refractivity contribution in [1.29, 1.82) is 0 Å².